The molecule has 0 spiro atoms. The SMILES string of the molecule is CCN1CCC(C(CN)c2cn(C)c3ccccc23)CC1. The van der Waals surface area contributed by atoms with Gasteiger partial charge in [-0.1, -0.05) is 25.1 Å². The molecule has 3 nitrogen and oxygen atoms in total. The highest BCUT2D eigenvalue weighted by molar-refractivity contribution is 5.84. The number of para-hydroxylation sites is 1. The molecule has 0 amide bonds. The minimum Gasteiger partial charge on any atom is -0.350 e. The van der Waals surface area contributed by atoms with Gasteiger partial charge >= 0.3 is 0 Å². The summed E-state index contributed by atoms with van der Waals surface area (Å²) >= 11 is 0. The van der Waals surface area contributed by atoms with Gasteiger partial charge in [0.15, 0.2) is 0 Å². The summed E-state index contributed by atoms with van der Waals surface area (Å²) in [6.07, 6.45) is 4.85. The van der Waals surface area contributed by atoms with Crippen LogP contribution < -0.4 is 5.73 Å². The topological polar surface area (TPSA) is 34.2 Å². The molecule has 1 aromatic carbocycles. The number of rotatable bonds is 4. The molecule has 0 saturated carbocycles. The van der Waals surface area contributed by atoms with E-state index in [0.717, 1.165) is 12.5 Å². The molecule has 3 heteroatoms. The van der Waals surface area contributed by atoms with Gasteiger partial charge in [0.1, 0.15) is 0 Å². The molecular weight excluding hydrogens is 258 g/mol. The standard InChI is InChI=1S/C18H27N3/c1-3-21-10-8-14(9-11-21)16(12-19)17-13-20(2)18-7-5-4-6-15(17)18/h4-7,13-14,16H,3,8-12,19H2,1-2H3. The number of aromatic nitrogens is 1. The Bertz CT molecular complexity index is 594. The fourth-order valence-corrected chi connectivity index (χ4v) is 3.91. The van der Waals surface area contributed by atoms with E-state index in [-0.39, 0.29) is 0 Å². The summed E-state index contributed by atoms with van der Waals surface area (Å²) in [6, 6.07) is 8.70. The molecule has 0 radical (unpaired) electrons. The Morgan fingerprint density at radius 1 is 1.24 bits per heavy atom. The third kappa shape index (κ3) is 2.72. The molecule has 2 heterocycles. The first-order chi connectivity index (χ1) is 10.2. The predicted octanol–water partition coefficient (Wildman–Crippen LogP) is 2.95. The van der Waals surface area contributed by atoms with Crippen molar-refractivity contribution in [1.29, 1.82) is 0 Å². The van der Waals surface area contributed by atoms with E-state index in [1.807, 2.05) is 0 Å². The Hall–Kier alpha value is -1.32. The van der Waals surface area contributed by atoms with Gasteiger partial charge < -0.3 is 15.2 Å². The van der Waals surface area contributed by atoms with Crippen molar-refractivity contribution in [3.05, 3.63) is 36.0 Å². The van der Waals surface area contributed by atoms with Crippen LogP contribution in [-0.2, 0) is 7.05 Å². The quantitative estimate of drug-likeness (QED) is 0.937. The average molecular weight is 285 g/mol. The summed E-state index contributed by atoms with van der Waals surface area (Å²) in [5.74, 6) is 1.22. The molecular formula is C18H27N3. The number of hydrogen-bond acceptors (Lipinski definition) is 2. The zero-order valence-electron chi connectivity index (χ0n) is 13.3. The minimum absolute atomic E-state index is 0.495. The maximum Gasteiger partial charge on any atom is 0.0480 e. The van der Waals surface area contributed by atoms with Crippen molar-refractivity contribution in [2.24, 2.45) is 18.7 Å². The molecule has 0 aliphatic carbocycles. The van der Waals surface area contributed by atoms with Crippen molar-refractivity contribution < 1.29 is 0 Å². The van der Waals surface area contributed by atoms with Gasteiger partial charge in [-0.05, 0) is 56.6 Å². The molecule has 1 fully saturated rings. The van der Waals surface area contributed by atoms with Crippen LogP contribution in [0.2, 0.25) is 0 Å². The van der Waals surface area contributed by atoms with Gasteiger partial charge in [0, 0.05) is 30.1 Å². The van der Waals surface area contributed by atoms with Crippen LogP contribution in [0.4, 0.5) is 0 Å². The van der Waals surface area contributed by atoms with Crippen LogP contribution in [0.25, 0.3) is 10.9 Å². The summed E-state index contributed by atoms with van der Waals surface area (Å²) in [4.78, 5) is 2.55. The fourth-order valence-electron chi connectivity index (χ4n) is 3.91. The second kappa shape index (κ2) is 6.20. The van der Waals surface area contributed by atoms with E-state index in [1.165, 1.54) is 48.9 Å². The first kappa shape index (κ1) is 14.6. The second-order valence-electron chi connectivity index (χ2n) is 6.33. The average Bonchev–Trinajstić information content (AvgIpc) is 2.86. The van der Waals surface area contributed by atoms with Gasteiger partial charge in [-0.3, -0.25) is 0 Å². The normalized spacial score (nSPS) is 19.2. The van der Waals surface area contributed by atoms with E-state index < -0.39 is 0 Å². The highest BCUT2D eigenvalue weighted by atomic mass is 15.1. The van der Waals surface area contributed by atoms with Crippen LogP contribution in [0.5, 0.6) is 0 Å². The minimum atomic E-state index is 0.495. The first-order valence-electron chi connectivity index (χ1n) is 8.21. The molecule has 3 rings (SSSR count). The van der Waals surface area contributed by atoms with E-state index in [9.17, 15) is 0 Å². The van der Waals surface area contributed by atoms with E-state index >= 15 is 0 Å². The molecule has 0 bridgehead atoms. The number of hydrogen-bond donors (Lipinski definition) is 1. The van der Waals surface area contributed by atoms with Crippen molar-refractivity contribution >= 4 is 10.9 Å². The number of piperidine rings is 1. The highest BCUT2D eigenvalue weighted by Crippen LogP contribution is 2.36. The van der Waals surface area contributed by atoms with Crippen LogP contribution in [-0.4, -0.2) is 35.6 Å². The lowest BCUT2D eigenvalue weighted by molar-refractivity contribution is 0.176. The molecule has 2 aromatic rings. The Labute approximate surface area is 127 Å². The molecule has 1 aliphatic heterocycles. The van der Waals surface area contributed by atoms with Crippen LogP contribution >= 0.6 is 0 Å². The van der Waals surface area contributed by atoms with E-state index in [4.69, 9.17) is 5.73 Å². The Balaban J connectivity index is 1.89. The number of fused-ring (bicyclic) bond motifs is 1. The fraction of sp³-hybridized carbons (Fsp3) is 0.556. The van der Waals surface area contributed by atoms with Crippen molar-refractivity contribution in [2.45, 2.75) is 25.7 Å². The number of aryl methyl sites for hydroxylation is 1. The van der Waals surface area contributed by atoms with E-state index in [1.54, 1.807) is 0 Å². The van der Waals surface area contributed by atoms with Crippen LogP contribution in [0, 0.1) is 5.92 Å². The van der Waals surface area contributed by atoms with Crippen molar-refractivity contribution in [1.82, 2.24) is 9.47 Å². The summed E-state index contributed by atoms with van der Waals surface area (Å²) in [5, 5.41) is 1.38. The lowest BCUT2D eigenvalue weighted by atomic mass is 9.80. The summed E-state index contributed by atoms with van der Waals surface area (Å²) in [5.41, 5.74) is 8.95. The Morgan fingerprint density at radius 3 is 2.62 bits per heavy atom. The third-order valence-electron chi connectivity index (χ3n) is 5.23. The predicted molar refractivity (Wildman–Crippen MR) is 89.6 cm³/mol. The molecule has 1 unspecified atom stereocenters. The summed E-state index contributed by atoms with van der Waals surface area (Å²) < 4.78 is 2.24. The Morgan fingerprint density at radius 2 is 1.95 bits per heavy atom. The Kier molecular flexibility index (Phi) is 4.32. The smallest absolute Gasteiger partial charge is 0.0480 e. The molecule has 1 aromatic heterocycles. The van der Waals surface area contributed by atoms with E-state index in [0.29, 0.717) is 5.92 Å². The first-order valence-corrected chi connectivity index (χ1v) is 8.21. The number of nitrogens with two attached hydrogens (primary N) is 1. The van der Waals surface area contributed by atoms with Crippen LogP contribution in [0.1, 0.15) is 31.2 Å². The molecule has 1 saturated heterocycles. The van der Waals surface area contributed by atoms with Crippen LogP contribution in [0.15, 0.2) is 30.5 Å². The second-order valence-corrected chi connectivity index (χ2v) is 6.33. The maximum atomic E-state index is 6.18. The molecule has 21 heavy (non-hydrogen) atoms. The summed E-state index contributed by atoms with van der Waals surface area (Å²) in [6.45, 7) is 6.63. The maximum absolute atomic E-state index is 6.18. The third-order valence-corrected chi connectivity index (χ3v) is 5.23. The molecule has 114 valence electrons. The van der Waals surface area contributed by atoms with Gasteiger partial charge in [-0.2, -0.15) is 0 Å². The summed E-state index contributed by atoms with van der Waals surface area (Å²) in [7, 11) is 2.14. The van der Waals surface area contributed by atoms with Gasteiger partial charge in [-0.15, -0.1) is 0 Å². The monoisotopic (exact) mass is 285 g/mol. The lowest BCUT2D eigenvalue weighted by Crippen LogP contribution is -2.36. The van der Waals surface area contributed by atoms with Crippen LogP contribution in [0.3, 0.4) is 0 Å². The van der Waals surface area contributed by atoms with Gasteiger partial charge in [0.25, 0.3) is 0 Å². The highest BCUT2D eigenvalue weighted by Gasteiger charge is 2.28. The van der Waals surface area contributed by atoms with Crippen molar-refractivity contribution in [3.8, 4) is 0 Å². The van der Waals surface area contributed by atoms with Gasteiger partial charge in [0.05, 0.1) is 0 Å². The number of benzene rings is 1. The zero-order valence-corrected chi connectivity index (χ0v) is 13.3. The largest absolute Gasteiger partial charge is 0.350 e. The number of likely N-dealkylation sites (tertiary alicyclic amines) is 1. The van der Waals surface area contributed by atoms with Gasteiger partial charge in [0.2, 0.25) is 0 Å². The molecule has 2 N–H and O–H groups in total. The van der Waals surface area contributed by atoms with Crippen molar-refractivity contribution in [3.63, 3.8) is 0 Å². The molecule has 1 aliphatic rings. The zero-order chi connectivity index (χ0) is 14.8. The van der Waals surface area contributed by atoms with Crippen molar-refractivity contribution in [2.75, 3.05) is 26.2 Å². The van der Waals surface area contributed by atoms with Gasteiger partial charge in [-0.25, -0.2) is 0 Å². The number of nitrogens with zero attached hydrogens (tertiary/aromatic N) is 2. The lowest BCUT2D eigenvalue weighted by Gasteiger charge is -2.35. The van der Waals surface area contributed by atoms with E-state index in [2.05, 4.69) is 53.9 Å². The molecule has 1 atom stereocenters.